The van der Waals surface area contributed by atoms with E-state index >= 15 is 0 Å². The Hall–Kier alpha value is -0.420. The Kier molecular flexibility index (Phi) is 3.68. The topological polar surface area (TPSA) is 9.23 Å². The number of rotatable bonds is 3. The average molecular weight is 208 g/mol. The van der Waals surface area contributed by atoms with Gasteiger partial charge in [-0.3, -0.25) is 0 Å². The summed E-state index contributed by atoms with van der Waals surface area (Å²) >= 11 is 3.92. The fourth-order valence-corrected chi connectivity index (χ4v) is 1.36. The maximum absolute atomic E-state index is 11.7. The molecule has 0 saturated carbocycles. The summed E-state index contributed by atoms with van der Waals surface area (Å²) in [5.41, 5.74) is 0. The molecule has 0 aliphatic heterocycles. The summed E-state index contributed by atoms with van der Waals surface area (Å²) < 4.78 is 27.6. The zero-order valence-corrected chi connectivity index (χ0v) is 7.62. The van der Waals surface area contributed by atoms with E-state index in [2.05, 4.69) is 16.4 Å². The highest BCUT2D eigenvalue weighted by atomic mass is 33.1. The van der Waals surface area contributed by atoms with Crippen molar-refractivity contribution < 1.29 is 13.5 Å². The Morgan fingerprint density at radius 3 is 2.75 bits per heavy atom. The zero-order valence-electron chi connectivity index (χ0n) is 5.91. The van der Waals surface area contributed by atoms with Gasteiger partial charge in [-0.2, -0.15) is 8.78 Å². The van der Waals surface area contributed by atoms with Crippen molar-refractivity contribution in [3.63, 3.8) is 0 Å². The molecule has 0 saturated heterocycles. The van der Waals surface area contributed by atoms with Crippen molar-refractivity contribution in [3.8, 4) is 5.75 Å². The van der Waals surface area contributed by atoms with Gasteiger partial charge in [0, 0.05) is 4.90 Å². The van der Waals surface area contributed by atoms with E-state index in [1.165, 1.54) is 22.9 Å². The molecule has 1 rings (SSSR count). The van der Waals surface area contributed by atoms with Crippen molar-refractivity contribution in [3.05, 3.63) is 24.3 Å². The van der Waals surface area contributed by atoms with Gasteiger partial charge in [0.25, 0.3) is 0 Å². The monoisotopic (exact) mass is 208 g/mol. The summed E-state index contributed by atoms with van der Waals surface area (Å²) in [6, 6.07) is 6.37. The molecule has 0 aliphatic carbocycles. The van der Waals surface area contributed by atoms with Crippen LogP contribution in [0.25, 0.3) is 0 Å². The van der Waals surface area contributed by atoms with Crippen LogP contribution in [0.2, 0.25) is 0 Å². The van der Waals surface area contributed by atoms with Gasteiger partial charge in [0.15, 0.2) is 0 Å². The number of hydrogen-bond acceptors (Lipinski definition) is 3. The van der Waals surface area contributed by atoms with Crippen molar-refractivity contribution in [1.82, 2.24) is 0 Å². The van der Waals surface area contributed by atoms with Gasteiger partial charge in [0.2, 0.25) is 0 Å². The van der Waals surface area contributed by atoms with Crippen molar-refractivity contribution in [2.75, 3.05) is 0 Å². The quantitative estimate of drug-likeness (QED) is 0.603. The first-order valence-corrected chi connectivity index (χ1v) is 4.95. The number of hydrogen-bond donors (Lipinski definition) is 1. The normalized spacial score (nSPS) is 10.3. The average Bonchev–Trinajstić information content (AvgIpc) is 2.03. The van der Waals surface area contributed by atoms with Gasteiger partial charge in [-0.15, -0.1) is 11.7 Å². The molecular weight excluding hydrogens is 202 g/mol. The minimum Gasteiger partial charge on any atom is -0.435 e. The lowest BCUT2D eigenvalue weighted by Gasteiger charge is -2.04. The maximum Gasteiger partial charge on any atom is 0.387 e. The van der Waals surface area contributed by atoms with Crippen LogP contribution in [-0.4, -0.2) is 6.61 Å². The number of halogens is 2. The highest BCUT2D eigenvalue weighted by molar-refractivity contribution is 8.68. The highest BCUT2D eigenvalue weighted by Crippen LogP contribution is 2.25. The predicted octanol–water partition coefficient (Wildman–Crippen LogP) is 3.22. The molecule has 0 fully saturated rings. The van der Waals surface area contributed by atoms with Gasteiger partial charge in [-0.1, -0.05) is 16.9 Å². The Balaban J connectivity index is 2.72. The second kappa shape index (κ2) is 4.57. The Labute approximate surface area is 77.9 Å². The second-order valence-electron chi connectivity index (χ2n) is 1.94. The van der Waals surface area contributed by atoms with Crippen LogP contribution in [0.4, 0.5) is 8.78 Å². The fraction of sp³-hybridized carbons (Fsp3) is 0.143. The van der Waals surface area contributed by atoms with Gasteiger partial charge in [0.1, 0.15) is 5.75 Å². The predicted molar refractivity (Wildman–Crippen MR) is 47.9 cm³/mol. The van der Waals surface area contributed by atoms with Gasteiger partial charge in [0.05, 0.1) is 0 Å². The molecule has 0 aliphatic rings. The minimum absolute atomic E-state index is 0.157. The van der Waals surface area contributed by atoms with E-state index in [4.69, 9.17) is 0 Å². The number of benzene rings is 1. The lowest BCUT2D eigenvalue weighted by Crippen LogP contribution is -2.01. The van der Waals surface area contributed by atoms with Crippen LogP contribution >= 0.6 is 22.5 Å². The smallest absolute Gasteiger partial charge is 0.387 e. The SMILES string of the molecule is FC(F)Oc1cccc(SS)c1. The Bertz CT molecular complexity index is 255. The van der Waals surface area contributed by atoms with Crippen LogP contribution in [0.3, 0.4) is 0 Å². The van der Waals surface area contributed by atoms with E-state index < -0.39 is 6.61 Å². The lowest BCUT2D eigenvalue weighted by atomic mass is 10.3. The van der Waals surface area contributed by atoms with Crippen LogP contribution < -0.4 is 4.74 Å². The summed E-state index contributed by atoms with van der Waals surface area (Å²) in [5.74, 6) is 0.157. The minimum atomic E-state index is -2.77. The Morgan fingerprint density at radius 1 is 1.42 bits per heavy atom. The first kappa shape index (κ1) is 9.67. The number of thiol groups is 1. The van der Waals surface area contributed by atoms with Gasteiger partial charge in [-0.05, 0) is 18.2 Å². The van der Waals surface area contributed by atoms with Crippen LogP contribution in [0, 0.1) is 0 Å². The van der Waals surface area contributed by atoms with E-state index in [1.54, 1.807) is 12.1 Å². The van der Waals surface area contributed by atoms with E-state index in [0.717, 1.165) is 4.90 Å². The largest absolute Gasteiger partial charge is 0.435 e. The highest BCUT2D eigenvalue weighted by Gasteiger charge is 2.03. The molecule has 0 radical (unpaired) electrons. The summed E-state index contributed by atoms with van der Waals surface area (Å²) in [6.45, 7) is -2.77. The molecule has 0 N–H and O–H groups in total. The molecule has 1 aromatic carbocycles. The van der Waals surface area contributed by atoms with Crippen molar-refractivity contribution in [2.45, 2.75) is 11.5 Å². The summed E-state index contributed by atoms with van der Waals surface area (Å²) in [7, 11) is 1.18. The molecule has 5 heteroatoms. The molecular formula is C7H6F2OS2. The molecule has 1 nitrogen and oxygen atoms in total. The van der Waals surface area contributed by atoms with Crippen molar-refractivity contribution >= 4 is 22.5 Å². The summed E-state index contributed by atoms with van der Waals surface area (Å²) in [5, 5.41) is 0. The van der Waals surface area contributed by atoms with Crippen LogP contribution in [-0.2, 0) is 0 Å². The first-order valence-electron chi connectivity index (χ1n) is 3.08. The third-order valence-electron chi connectivity index (χ3n) is 1.14. The van der Waals surface area contributed by atoms with E-state index in [9.17, 15) is 8.78 Å². The molecule has 1 aromatic rings. The third-order valence-corrected chi connectivity index (χ3v) is 2.23. The molecule has 0 bridgehead atoms. The third kappa shape index (κ3) is 2.91. The van der Waals surface area contributed by atoms with E-state index in [0.29, 0.717) is 0 Å². The number of ether oxygens (including phenoxy) is 1. The van der Waals surface area contributed by atoms with E-state index in [1.807, 2.05) is 0 Å². The second-order valence-corrected chi connectivity index (χ2v) is 3.15. The fourth-order valence-electron chi connectivity index (χ4n) is 0.707. The molecule has 0 unspecified atom stereocenters. The Morgan fingerprint density at radius 2 is 2.17 bits per heavy atom. The summed E-state index contributed by atoms with van der Waals surface area (Å²) in [4.78, 5) is 0.775. The summed E-state index contributed by atoms with van der Waals surface area (Å²) in [6.07, 6.45) is 0. The van der Waals surface area contributed by atoms with Gasteiger partial charge >= 0.3 is 6.61 Å². The number of alkyl halides is 2. The van der Waals surface area contributed by atoms with Gasteiger partial charge < -0.3 is 4.74 Å². The van der Waals surface area contributed by atoms with Gasteiger partial charge in [-0.25, -0.2) is 0 Å². The molecule has 0 heterocycles. The molecule has 0 spiro atoms. The van der Waals surface area contributed by atoms with Crippen LogP contribution in [0.15, 0.2) is 29.2 Å². The van der Waals surface area contributed by atoms with Crippen molar-refractivity contribution in [1.29, 1.82) is 0 Å². The van der Waals surface area contributed by atoms with E-state index in [-0.39, 0.29) is 5.75 Å². The maximum atomic E-state index is 11.7. The molecule has 0 amide bonds. The van der Waals surface area contributed by atoms with Crippen LogP contribution in [0.1, 0.15) is 0 Å². The lowest BCUT2D eigenvalue weighted by molar-refractivity contribution is -0.0499. The van der Waals surface area contributed by atoms with Crippen molar-refractivity contribution in [2.24, 2.45) is 0 Å². The molecule has 12 heavy (non-hydrogen) atoms. The standard InChI is InChI=1S/C7H6F2OS2/c8-7(9)10-5-2-1-3-6(4-5)12-11/h1-4,7,11H. The molecule has 0 aromatic heterocycles. The zero-order chi connectivity index (χ0) is 8.97. The molecule has 0 atom stereocenters. The molecule has 66 valence electrons. The first-order chi connectivity index (χ1) is 5.72. The van der Waals surface area contributed by atoms with Crippen LogP contribution in [0.5, 0.6) is 5.75 Å².